The van der Waals surface area contributed by atoms with Crippen LogP contribution in [-0.2, 0) is 21.5 Å². The third-order valence-electron chi connectivity index (χ3n) is 5.55. The maximum absolute atomic E-state index is 13.3. The molecular weight excluding hydrogens is 459 g/mol. The molecule has 2 aromatic rings. The number of nitrogens with zero attached hydrogens (tertiary/aromatic N) is 1. The summed E-state index contributed by atoms with van der Waals surface area (Å²) in [6, 6.07) is 12.2. The molecule has 0 saturated carbocycles. The Balaban J connectivity index is 2.25. The van der Waals surface area contributed by atoms with E-state index in [1.807, 2.05) is 38.1 Å². The van der Waals surface area contributed by atoms with Gasteiger partial charge in [0, 0.05) is 12.6 Å². The second-order valence-electron chi connectivity index (χ2n) is 9.30. The molecule has 0 aliphatic rings. The van der Waals surface area contributed by atoms with E-state index in [2.05, 4.69) is 26.1 Å². The number of ether oxygens (including phenoxy) is 1. The first kappa shape index (κ1) is 27.0. The van der Waals surface area contributed by atoms with Crippen molar-refractivity contribution in [3.8, 4) is 5.75 Å². The van der Waals surface area contributed by atoms with E-state index in [4.69, 9.17) is 27.9 Å². The smallest absolute Gasteiger partial charge is 0.261 e. The molecule has 0 aromatic heterocycles. The fraction of sp³-hybridized carbons (Fsp3) is 0.462. The number of rotatable bonds is 9. The van der Waals surface area contributed by atoms with Crippen molar-refractivity contribution in [2.75, 3.05) is 6.61 Å². The summed E-state index contributed by atoms with van der Waals surface area (Å²) in [6.07, 6.45) is 0.798. The van der Waals surface area contributed by atoms with Crippen LogP contribution in [0.1, 0.15) is 59.1 Å². The number of carbonyl (C=O) groups is 2. The SMILES string of the molecule is CC[C@@H](C)NC(=O)[C@@H](C)N(Cc1ccc(Cl)c(Cl)c1)C(=O)COc1ccccc1C(C)(C)C. The summed E-state index contributed by atoms with van der Waals surface area (Å²) in [5.41, 5.74) is 1.65. The highest BCUT2D eigenvalue weighted by molar-refractivity contribution is 6.42. The minimum absolute atomic E-state index is 0.0109. The van der Waals surface area contributed by atoms with Gasteiger partial charge in [-0.1, -0.05) is 75.2 Å². The van der Waals surface area contributed by atoms with E-state index >= 15 is 0 Å². The first-order chi connectivity index (χ1) is 15.4. The van der Waals surface area contributed by atoms with Crippen LogP contribution in [0.15, 0.2) is 42.5 Å². The zero-order chi connectivity index (χ0) is 24.8. The second-order valence-corrected chi connectivity index (χ2v) is 10.1. The molecule has 180 valence electrons. The van der Waals surface area contributed by atoms with Crippen molar-refractivity contribution in [2.24, 2.45) is 0 Å². The van der Waals surface area contributed by atoms with Crippen LogP contribution < -0.4 is 10.1 Å². The number of hydrogen-bond acceptors (Lipinski definition) is 3. The third-order valence-corrected chi connectivity index (χ3v) is 6.29. The molecule has 2 aromatic carbocycles. The minimum atomic E-state index is -0.692. The average molecular weight is 493 g/mol. The largest absolute Gasteiger partial charge is 0.483 e. The fourth-order valence-electron chi connectivity index (χ4n) is 3.32. The summed E-state index contributed by atoms with van der Waals surface area (Å²) >= 11 is 12.2. The molecule has 0 radical (unpaired) electrons. The van der Waals surface area contributed by atoms with Crippen LogP contribution in [0.25, 0.3) is 0 Å². The van der Waals surface area contributed by atoms with Crippen molar-refractivity contribution < 1.29 is 14.3 Å². The Labute approximate surface area is 207 Å². The molecule has 2 rings (SSSR count). The minimum Gasteiger partial charge on any atom is -0.483 e. The van der Waals surface area contributed by atoms with Gasteiger partial charge in [0.15, 0.2) is 6.61 Å². The van der Waals surface area contributed by atoms with Crippen molar-refractivity contribution in [2.45, 2.75) is 72.0 Å². The lowest BCUT2D eigenvalue weighted by Gasteiger charge is -2.30. The van der Waals surface area contributed by atoms with E-state index in [-0.39, 0.29) is 36.4 Å². The number of para-hydroxylation sites is 1. The molecule has 7 heteroatoms. The normalized spacial score (nSPS) is 13.2. The van der Waals surface area contributed by atoms with Crippen molar-refractivity contribution in [3.05, 3.63) is 63.6 Å². The van der Waals surface area contributed by atoms with Gasteiger partial charge in [0.2, 0.25) is 5.91 Å². The Morgan fingerprint density at radius 3 is 2.33 bits per heavy atom. The van der Waals surface area contributed by atoms with E-state index in [1.54, 1.807) is 25.1 Å². The average Bonchev–Trinajstić information content (AvgIpc) is 2.77. The summed E-state index contributed by atoms with van der Waals surface area (Å²) in [4.78, 5) is 27.6. The van der Waals surface area contributed by atoms with Gasteiger partial charge in [-0.15, -0.1) is 0 Å². The number of hydrogen-bond donors (Lipinski definition) is 1. The summed E-state index contributed by atoms with van der Waals surface area (Å²) in [5.74, 6) is 0.147. The van der Waals surface area contributed by atoms with Crippen molar-refractivity contribution in [1.29, 1.82) is 0 Å². The highest BCUT2D eigenvalue weighted by Gasteiger charge is 2.28. The lowest BCUT2D eigenvalue weighted by Crippen LogP contribution is -2.50. The molecule has 2 amide bonds. The van der Waals surface area contributed by atoms with Gasteiger partial charge in [-0.25, -0.2) is 0 Å². The van der Waals surface area contributed by atoms with Crippen LogP contribution in [0.4, 0.5) is 0 Å². The van der Waals surface area contributed by atoms with Crippen molar-refractivity contribution in [1.82, 2.24) is 10.2 Å². The number of nitrogens with one attached hydrogen (secondary N) is 1. The van der Waals surface area contributed by atoms with E-state index < -0.39 is 6.04 Å². The van der Waals surface area contributed by atoms with Gasteiger partial charge in [-0.3, -0.25) is 9.59 Å². The molecule has 0 saturated heterocycles. The maximum atomic E-state index is 13.3. The van der Waals surface area contributed by atoms with E-state index in [0.717, 1.165) is 17.5 Å². The Bertz CT molecular complexity index is 972. The van der Waals surface area contributed by atoms with Gasteiger partial charge in [0.1, 0.15) is 11.8 Å². The molecule has 5 nitrogen and oxygen atoms in total. The van der Waals surface area contributed by atoms with Crippen LogP contribution in [0.3, 0.4) is 0 Å². The standard InChI is InChI=1S/C26H34Cl2N2O3/c1-7-17(2)29-25(32)18(3)30(15-19-12-13-21(27)22(28)14-19)24(31)16-33-23-11-9-8-10-20(23)26(4,5)6/h8-14,17-18H,7,15-16H2,1-6H3,(H,29,32)/t17-,18-/m1/s1. The van der Waals surface area contributed by atoms with Gasteiger partial charge in [0.05, 0.1) is 10.0 Å². The lowest BCUT2D eigenvalue weighted by molar-refractivity contribution is -0.142. The molecule has 2 atom stereocenters. The first-order valence-electron chi connectivity index (χ1n) is 11.2. The van der Waals surface area contributed by atoms with Crippen LogP contribution in [0, 0.1) is 0 Å². The van der Waals surface area contributed by atoms with E-state index in [0.29, 0.717) is 15.8 Å². The Kier molecular flexibility index (Phi) is 9.62. The molecule has 0 bridgehead atoms. The van der Waals surface area contributed by atoms with E-state index in [1.165, 1.54) is 4.90 Å². The molecule has 0 unspecified atom stereocenters. The van der Waals surface area contributed by atoms with Gasteiger partial charge >= 0.3 is 0 Å². The number of carbonyl (C=O) groups excluding carboxylic acids is 2. The summed E-state index contributed by atoms with van der Waals surface area (Å²) in [6.45, 7) is 11.9. The molecule has 33 heavy (non-hydrogen) atoms. The van der Waals surface area contributed by atoms with Gasteiger partial charge in [-0.05, 0) is 55.0 Å². The maximum Gasteiger partial charge on any atom is 0.261 e. The van der Waals surface area contributed by atoms with Gasteiger partial charge in [0.25, 0.3) is 5.91 Å². The molecule has 0 spiro atoms. The zero-order valence-corrected chi connectivity index (χ0v) is 21.8. The lowest BCUT2D eigenvalue weighted by atomic mass is 9.86. The molecule has 0 aliphatic heterocycles. The van der Waals surface area contributed by atoms with Crippen LogP contribution >= 0.6 is 23.2 Å². The molecular formula is C26H34Cl2N2O3. The summed E-state index contributed by atoms with van der Waals surface area (Å²) < 4.78 is 5.95. The van der Waals surface area contributed by atoms with Crippen LogP contribution in [0.5, 0.6) is 5.75 Å². The predicted octanol–water partition coefficient (Wildman–Crippen LogP) is 6.00. The van der Waals surface area contributed by atoms with Crippen molar-refractivity contribution in [3.63, 3.8) is 0 Å². The van der Waals surface area contributed by atoms with E-state index in [9.17, 15) is 9.59 Å². The summed E-state index contributed by atoms with van der Waals surface area (Å²) in [5, 5.41) is 3.78. The van der Waals surface area contributed by atoms with Gasteiger partial charge < -0.3 is 15.0 Å². The van der Waals surface area contributed by atoms with Crippen LogP contribution in [0.2, 0.25) is 10.0 Å². The molecule has 0 heterocycles. The zero-order valence-electron chi connectivity index (χ0n) is 20.2. The topological polar surface area (TPSA) is 58.6 Å². The summed E-state index contributed by atoms with van der Waals surface area (Å²) in [7, 11) is 0. The number of amides is 2. The quantitative estimate of drug-likeness (QED) is 0.466. The first-order valence-corrected chi connectivity index (χ1v) is 12.0. The predicted molar refractivity (Wildman–Crippen MR) is 135 cm³/mol. The highest BCUT2D eigenvalue weighted by Crippen LogP contribution is 2.31. The van der Waals surface area contributed by atoms with Crippen molar-refractivity contribution >= 4 is 35.0 Å². The Hall–Kier alpha value is -2.24. The Morgan fingerprint density at radius 2 is 1.73 bits per heavy atom. The third kappa shape index (κ3) is 7.65. The monoisotopic (exact) mass is 492 g/mol. The van der Waals surface area contributed by atoms with Crippen LogP contribution in [-0.4, -0.2) is 35.4 Å². The number of halogens is 2. The fourth-order valence-corrected chi connectivity index (χ4v) is 3.64. The Morgan fingerprint density at radius 1 is 1.06 bits per heavy atom. The van der Waals surface area contributed by atoms with Gasteiger partial charge in [-0.2, -0.15) is 0 Å². The highest BCUT2D eigenvalue weighted by atomic mass is 35.5. The number of benzene rings is 2. The molecule has 0 aliphatic carbocycles. The molecule has 1 N–H and O–H groups in total. The second kappa shape index (κ2) is 11.8. The molecule has 0 fully saturated rings.